The standard InChI is InChI=1S/C56H68O2S2Si2/c1-55(2,3)43-35-41(53(57)51(37-43)61(7,45-25-15-11-16-26-45)46-27-17-12-18-28-46)39-59-49-33-23-9-10-24-34-50(49)60-40-42-36-44(56(4,5)6)38-52(54(42)58)62(8,47-29-19-13-20-30-47)48-31-21-14-22-32-48/h11-22,25-32,35-38,49-50,57-58H,9-10,23-24,33-34,39-40H2,1-8H3/t49-,50?/m0/s1. The van der Waals surface area contributed by atoms with Crippen molar-refractivity contribution in [3.8, 4) is 11.5 Å². The Morgan fingerprint density at radius 1 is 0.452 bits per heavy atom. The molecule has 0 spiro atoms. The number of hydrogen-bond acceptors (Lipinski definition) is 4. The molecule has 6 aromatic carbocycles. The smallest absolute Gasteiger partial charge is 0.150 e. The summed E-state index contributed by atoms with van der Waals surface area (Å²) in [6.45, 7) is 18.6. The van der Waals surface area contributed by atoms with Gasteiger partial charge < -0.3 is 10.2 Å². The second kappa shape index (κ2) is 19.4. The summed E-state index contributed by atoms with van der Waals surface area (Å²) in [5.74, 6) is 2.49. The molecule has 2 atom stereocenters. The van der Waals surface area contributed by atoms with Crippen LogP contribution in [-0.4, -0.2) is 36.9 Å². The first-order valence-electron chi connectivity index (χ1n) is 22.8. The van der Waals surface area contributed by atoms with Crippen LogP contribution in [0.4, 0.5) is 0 Å². The van der Waals surface area contributed by atoms with Crippen LogP contribution in [0.2, 0.25) is 13.1 Å². The van der Waals surface area contributed by atoms with E-state index in [4.69, 9.17) is 0 Å². The second-order valence-corrected chi connectivity index (χ2v) is 30.3. The lowest BCUT2D eigenvalue weighted by Gasteiger charge is -2.34. The lowest BCUT2D eigenvalue weighted by Crippen LogP contribution is -2.65. The molecule has 6 aromatic rings. The minimum atomic E-state index is -2.58. The third-order valence-electron chi connectivity index (χ3n) is 13.6. The molecule has 0 radical (unpaired) electrons. The van der Waals surface area contributed by atoms with Crippen LogP contribution in [-0.2, 0) is 22.3 Å². The van der Waals surface area contributed by atoms with E-state index in [2.05, 4.69) is 224 Å². The molecular formula is C56H68O2S2Si2. The summed E-state index contributed by atoms with van der Waals surface area (Å²) in [4.78, 5) is 0. The summed E-state index contributed by atoms with van der Waals surface area (Å²) < 4.78 is 0. The number of aromatic hydroxyl groups is 2. The lowest BCUT2D eigenvalue weighted by molar-refractivity contribution is 0.472. The van der Waals surface area contributed by atoms with E-state index in [-0.39, 0.29) is 10.8 Å². The summed E-state index contributed by atoms with van der Waals surface area (Å²) >= 11 is 4.11. The highest BCUT2D eigenvalue weighted by Crippen LogP contribution is 2.41. The highest BCUT2D eigenvalue weighted by Gasteiger charge is 2.40. The third kappa shape index (κ3) is 9.89. The Balaban J connectivity index is 1.24. The third-order valence-corrected chi connectivity index (χ3v) is 25.6. The molecule has 0 heterocycles. The van der Waals surface area contributed by atoms with E-state index in [0.29, 0.717) is 22.0 Å². The van der Waals surface area contributed by atoms with Crippen molar-refractivity contribution in [3.63, 3.8) is 0 Å². The highest BCUT2D eigenvalue weighted by molar-refractivity contribution is 8.03. The molecule has 1 fully saturated rings. The summed E-state index contributed by atoms with van der Waals surface area (Å²) in [7, 11) is -5.16. The first kappa shape index (κ1) is 46.1. The van der Waals surface area contributed by atoms with E-state index < -0.39 is 16.1 Å². The molecule has 7 rings (SSSR count). The lowest BCUT2D eigenvalue weighted by atomic mass is 9.86. The van der Waals surface area contributed by atoms with Crippen molar-refractivity contribution < 1.29 is 10.2 Å². The Kier molecular flexibility index (Phi) is 14.4. The van der Waals surface area contributed by atoms with Crippen molar-refractivity contribution in [2.45, 2.75) is 126 Å². The maximum Gasteiger partial charge on any atom is 0.150 e. The fourth-order valence-electron chi connectivity index (χ4n) is 9.47. The number of benzene rings is 6. The summed E-state index contributed by atoms with van der Waals surface area (Å²) in [5.41, 5.74) is 4.51. The predicted octanol–water partition coefficient (Wildman–Crippen LogP) is 11.2. The van der Waals surface area contributed by atoms with E-state index >= 15 is 0 Å². The molecule has 1 aliphatic rings. The Hall–Kier alpha value is -3.95. The average Bonchev–Trinajstić information content (AvgIpc) is 3.26. The van der Waals surface area contributed by atoms with E-state index in [1.807, 2.05) is 0 Å². The van der Waals surface area contributed by atoms with E-state index in [9.17, 15) is 10.2 Å². The quantitative estimate of drug-likeness (QED) is 0.0949. The van der Waals surface area contributed by atoms with Gasteiger partial charge in [0.1, 0.15) is 27.6 Å². The van der Waals surface area contributed by atoms with Crippen molar-refractivity contribution in [2.75, 3.05) is 0 Å². The fourth-order valence-corrected chi connectivity index (χ4v) is 20.0. The molecular weight excluding hydrogens is 825 g/mol. The van der Waals surface area contributed by atoms with Crippen LogP contribution < -0.4 is 31.1 Å². The van der Waals surface area contributed by atoms with Gasteiger partial charge in [-0.1, -0.05) is 226 Å². The van der Waals surface area contributed by atoms with Gasteiger partial charge in [-0.3, -0.25) is 0 Å². The first-order valence-corrected chi connectivity index (χ1v) is 29.9. The van der Waals surface area contributed by atoms with Gasteiger partial charge in [-0.25, -0.2) is 0 Å². The van der Waals surface area contributed by atoms with Gasteiger partial charge in [-0.2, -0.15) is 23.5 Å². The van der Waals surface area contributed by atoms with Crippen molar-refractivity contribution in [3.05, 3.63) is 168 Å². The average molecular weight is 893 g/mol. The van der Waals surface area contributed by atoms with Crippen molar-refractivity contribution in [2.24, 2.45) is 0 Å². The van der Waals surface area contributed by atoms with Crippen LogP contribution >= 0.6 is 23.5 Å². The molecule has 1 aliphatic carbocycles. The molecule has 324 valence electrons. The van der Waals surface area contributed by atoms with Crippen LogP contribution in [0.3, 0.4) is 0 Å². The largest absolute Gasteiger partial charge is 0.508 e. The Bertz CT molecular complexity index is 2140. The topological polar surface area (TPSA) is 40.5 Å². The maximum absolute atomic E-state index is 12.6. The number of rotatable bonds is 12. The zero-order valence-electron chi connectivity index (χ0n) is 38.4. The SMILES string of the molecule is CC(C)(C)c1cc(CSC2CCCCCC[C@@H]2SCc2cc(C(C)(C)C)cc([Si](C)(c3ccccc3)c3ccccc3)c2O)c(O)c([Si](C)(c2ccccc2)c2ccccc2)c1. The van der Waals surface area contributed by atoms with Crippen LogP contribution in [0, 0.1) is 0 Å². The van der Waals surface area contributed by atoms with Crippen molar-refractivity contribution >= 4 is 70.8 Å². The molecule has 6 heteroatoms. The van der Waals surface area contributed by atoms with Gasteiger partial charge >= 0.3 is 0 Å². The molecule has 1 saturated carbocycles. The van der Waals surface area contributed by atoms with Gasteiger partial charge in [0.2, 0.25) is 0 Å². The van der Waals surface area contributed by atoms with Crippen LogP contribution in [0.25, 0.3) is 0 Å². The monoisotopic (exact) mass is 892 g/mol. The predicted molar refractivity (Wildman–Crippen MR) is 278 cm³/mol. The Morgan fingerprint density at radius 2 is 0.742 bits per heavy atom. The van der Waals surface area contributed by atoms with Gasteiger partial charge in [0.05, 0.1) is 0 Å². The highest BCUT2D eigenvalue weighted by atomic mass is 32.2. The Labute approximate surface area is 384 Å². The Morgan fingerprint density at radius 3 is 1.02 bits per heavy atom. The maximum atomic E-state index is 12.6. The van der Waals surface area contributed by atoms with Gasteiger partial charge in [0.15, 0.2) is 0 Å². The summed E-state index contributed by atoms with van der Waals surface area (Å²) in [5, 5.41) is 33.4. The van der Waals surface area contributed by atoms with Gasteiger partial charge in [-0.05, 0) is 65.9 Å². The molecule has 62 heavy (non-hydrogen) atoms. The minimum Gasteiger partial charge on any atom is -0.508 e. The molecule has 2 N–H and O–H groups in total. The molecule has 0 saturated heterocycles. The zero-order chi connectivity index (χ0) is 44.1. The zero-order valence-corrected chi connectivity index (χ0v) is 42.0. The molecule has 2 nitrogen and oxygen atoms in total. The van der Waals surface area contributed by atoms with Gasteiger partial charge in [-0.15, -0.1) is 0 Å². The number of phenolic OH excluding ortho intramolecular Hbond substituents is 2. The van der Waals surface area contributed by atoms with Crippen LogP contribution in [0.15, 0.2) is 146 Å². The van der Waals surface area contributed by atoms with Gasteiger partial charge in [0, 0.05) is 33.1 Å². The number of thioether (sulfide) groups is 2. The van der Waals surface area contributed by atoms with Crippen LogP contribution in [0.1, 0.15) is 102 Å². The number of hydrogen-bond donors (Lipinski definition) is 2. The molecule has 0 aliphatic heterocycles. The van der Waals surface area contributed by atoms with E-state index in [1.165, 1.54) is 70.4 Å². The molecule has 0 bridgehead atoms. The summed E-state index contributed by atoms with van der Waals surface area (Å²) in [6, 6.07) is 52.9. The minimum absolute atomic E-state index is 0.0778. The first-order chi connectivity index (χ1) is 29.6. The summed E-state index contributed by atoms with van der Waals surface area (Å²) in [6.07, 6.45) is 7.36. The second-order valence-electron chi connectivity index (χ2n) is 20.0. The van der Waals surface area contributed by atoms with Crippen molar-refractivity contribution in [1.82, 2.24) is 0 Å². The fraction of sp³-hybridized carbons (Fsp3) is 0.357. The molecule has 0 aromatic heterocycles. The molecule has 1 unspecified atom stereocenters. The number of phenols is 2. The molecule has 0 amide bonds. The van der Waals surface area contributed by atoms with E-state index in [0.717, 1.165) is 33.0 Å². The van der Waals surface area contributed by atoms with E-state index in [1.54, 1.807) is 0 Å². The van der Waals surface area contributed by atoms with Gasteiger partial charge in [0.25, 0.3) is 0 Å². The van der Waals surface area contributed by atoms with Crippen molar-refractivity contribution in [1.29, 1.82) is 0 Å². The van der Waals surface area contributed by atoms with Crippen LogP contribution in [0.5, 0.6) is 11.5 Å². The normalized spacial score (nSPS) is 16.7.